The molecule has 0 unspecified atom stereocenters. The van der Waals surface area contributed by atoms with Gasteiger partial charge in [0.2, 0.25) is 0 Å². The molecule has 2 rings (SSSR count). The Hall–Kier alpha value is -1.71. The lowest BCUT2D eigenvalue weighted by Crippen LogP contribution is -2.16. The fourth-order valence-electron chi connectivity index (χ4n) is 2.41. The Balaban J connectivity index is 2.21. The minimum atomic E-state index is 0.150. The Morgan fingerprint density at radius 3 is 2.06 bits per heavy atom. The highest BCUT2D eigenvalue weighted by Crippen LogP contribution is 2.36. The summed E-state index contributed by atoms with van der Waals surface area (Å²) >= 11 is 0. The zero-order valence-electron chi connectivity index (χ0n) is 11.1. The summed E-state index contributed by atoms with van der Waals surface area (Å²) in [6, 6.07) is 4.01. The smallest absolute Gasteiger partial charge is 0.184 e. The van der Waals surface area contributed by atoms with Gasteiger partial charge in [0.15, 0.2) is 17.4 Å². The molecule has 1 aliphatic rings. The summed E-state index contributed by atoms with van der Waals surface area (Å²) < 4.78 is 15.9. The lowest BCUT2D eigenvalue weighted by atomic mass is 10.1. The Morgan fingerprint density at radius 1 is 1.17 bits per heavy atom. The van der Waals surface area contributed by atoms with E-state index >= 15 is 0 Å². The van der Waals surface area contributed by atoms with Crippen LogP contribution in [-0.4, -0.2) is 26.7 Å². The van der Waals surface area contributed by atoms with Crippen LogP contribution in [0.1, 0.15) is 18.1 Å². The molecule has 98 valence electrons. The first kappa shape index (κ1) is 12.7. The van der Waals surface area contributed by atoms with E-state index in [0.29, 0.717) is 12.5 Å². The second kappa shape index (κ2) is 5.29. The van der Waals surface area contributed by atoms with Crippen molar-refractivity contribution in [2.45, 2.75) is 19.8 Å². The summed E-state index contributed by atoms with van der Waals surface area (Å²) in [6.45, 7) is 2.46. The van der Waals surface area contributed by atoms with Gasteiger partial charge in [-0.3, -0.25) is 5.41 Å². The molecule has 0 spiro atoms. The van der Waals surface area contributed by atoms with E-state index in [1.807, 2.05) is 19.1 Å². The predicted molar refractivity (Wildman–Crippen MR) is 69.8 cm³/mol. The van der Waals surface area contributed by atoms with E-state index in [0.717, 1.165) is 24.3 Å². The molecule has 0 aliphatic heterocycles. The average Bonchev–Trinajstić information content (AvgIpc) is 2.80. The molecule has 4 nitrogen and oxygen atoms in total. The zero-order chi connectivity index (χ0) is 13.1. The number of ether oxygens (including phenoxy) is 3. The third kappa shape index (κ3) is 2.28. The molecule has 0 atom stereocenters. The molecule has 0 saturated heterocycles. The molecular formula is C14H19NO3. The van der Waals surface area contributed by atoms with Gasteiger partial charge in [0, 0.05) is 5.92 Å². The summed E-state index contributed by atoms with van der Waals surface area (Å²) in [7, 11) is 3.28. The van der Waals surface area contributed by atoms with Crippen molar-refractivity contribution in [2.24, 2.45) is 5.92 Å². The maximum absolute atomic E-state index is 7.87. The van der Waals surface area contributed by atoms with Gasteiger partial charge >= 0.3 is 0 Å². The number of hydrogen-bond donors (Lipinski definition) is 1. The van der Waals surface area contributed by atoms with Crippen molar-refractivity contribution in [1.29, 1.82) is 5.41 Å². The minimum Gasteiger partial charge on any atom is -0.493 e. The van der Waals surface area contributed by atoms with Crippen molar-refractivity contribution < 1.29 is 14.2 Å². The summed E-state index contributed by atoms with van der Waals surface area (Å²) in [4.78, 5) is 0. The fourth-order valence-corrected chi connectivity index (χ4v) is 2.41. The van der Waals surface area contributed by atoms with Gasteiger partial charge in [0.25, 0.3) is 0 Å². The predicted octanol–water partition coefficient (Wildman–Crippen LogP) is 2.43. The van der Waals surface area contributed by atoms with Gasteiger partial charge in [-0.1, -0.05) is 0 Å². The van der Waals surface area contributed by atoms with E-state index in [-0.39, 0.29) is 5.92 Å². The highest BCUT2D eigenvalue weighted by atomic mass is 16.5. The van der Waals surface area contributed by atoms with Crippen LogP contribution in [-0.2, 0) is 17.6 Å². The monoisotopic (exact) mass is 249 g/mol. The number of fused-ring (bicyclic) bond motifs is 1. The van der Waals surface area contributed by atoms with Gasteiger partial charge in [-0.2, -0.15) is 0 Å². The van der Waals surface area contributed by atoms with Crippen LogP contribution in [0.2, 0.25) is 0 Å². The molecule has 4 heteroatoms. The number of nitrogens with one attached hydrogen (secondary N) is 1. The van der Waals surface area contributed by atoms with E-state index in [9.17, 15) is 0 Å². The molecule has 0 saturated carbocycles. The van der Waals surface area contributed by atoms with E-state index in [4.69, 9.17) is 19.6 Å². The molecule has 0 amide bonds. The summed E-state index contributed by atoms with van der Waals surface area (Å²) in [5.74, 6) is 2.03. The Bertz CT molecular complexity index is 424. The molecule has 0 heterocycles. The quantitative estimate of drug-likeness (QED) is 0.658. The molecular weight excluding hydrogens is 230 g/mol. The first-order valence-corrected chi connectivity index (χ1v) is 6.14. The Morgan fingerprint density at radius 2 is 1.67 bits per heavy atom. The van der Waals surface area contributed by atoms with Crippen molar-refractivity contribution in [3.63, 3.8) is 0 Å². The van der Waals surface area contributed by atoms with E-state index in [1.165, 1.54) is 11.1 Å². The van der Waals surface area contributed by atoms with Crippen LogP contribution in [0.3, 0.4) is 0 Å². The molecule has 0 aromatic heterocycles. The van der Waals surface area contributed by atoms with E-state index in [1.54, 1.807) is 14.2 Å². The normalized spacial score (nSPS) is 14.2. The number of benzene rings is 1. The van der Waals surface area contributed by atoms with Crippen molar-refractivity contribution in [2.75, 3.05) is 20.8 Å². The van der Waals surface area contributed by atoms with Gasteiger partial charge in [-0.05, 0) is 43.0 Å². The maximum atomic E-state index is 7.87. The van der Waals surface area contributed by atoms with Crippen LogP contribution in [0.4, 0.5) is 0 Å². The zero-order valence-corrected chi connectivity index (χ0v) is 11.1. The molecule has 1 aromatic carbocycles. The number of methoxy groups -OCH3 is 2. The van der Waals surface area contributed by atoms with Gasteiger partial charge in [0.05, 0.1) is 20.8 Å². The molecule has 18 heavy (non-hydrogen) atoms. The second-order valence-electron chi connectivity index (χ2n) is 4.38. The van der Waals surface area contributed by atoms with Crippen LogP contribution in [0.25, 0.3) is 0 Å². The van der Waals surface area contributed by atoms with Gasteiger partial charge in [-0.25, -0.2) is 0 Å². The molecule has 1 aromatic rings. The van der Waals surface area contributed by atoms with Crippen LogP contribution in [0, 0.1) is 11.3 Å². The topological polar surface area (TPSA) is 51.5 Å². The van der Waals surface area contributed by atoms with Crippen molar-refractivity contribution >= 4 is 5.90 Å². The van der Waals surface area contributed by atoms with Crippen LogP contribution in [0.15, 0.2) is 12.1 Å². The maximum Gasteiger partial charge on any atom is 0.184 e. The Labute approximate surface area is 107 Å². The van der Waals surface area contributed by atoms with Crippen molar-refractivity contribution in [1.82, 2.24) is 0 Å². The lowest BCUT2D eigenvalue weighted by Gasteiger charge is -2.10. The van der Waals surface area contributed by atoms with Gasteiger partial charge < -0.3 is 14.2 Å². The Kier molecular flexibility index (Phi) is 3.75. The van der Waals surface area contributed by atoms with Crippen molar-refractivity contribution in [3.05, 3.63) is 23.3 Å². The third-order valence-corrected chi connectivity index (χ3v) is 3.31. The lowest BCUT2D eigenvalue weighted by molar-refractivity contribution is 0.297. The van der Waals surface area contributed by atoms with Crippen molar-refractivity contribution in [3.8, 4) is 11.5 Å². The SMILES string of the molecule is CCOC(=N)C1Cc2cc(OC)c(OC)cc2C1. The molecule has 1 aliphatic carbocycles. The standard InChI is InChI=1S/C14H19NO3/c1-4-18-14(15)11-5-9-7-12(16-2)13(17-3)8-10(9)6-11/h7-8,11,15H,4-6H2,1-3H3. The largest absolute Gasteiger partial charge is 0.493 e. The van der Waals surface area contributed by atoms with Gasteiger partial charge in [0.1, 0.15) is 0 Å². The highest BCUT2D eigenvalue weighted by molar-refractivity contribution is 5.77. The highest BCUT2D eigenvalue weighted by Gasteiger charge is 2.27. The first-order chi connectivity index (χ1) is 8.69. The van der Waals surface area contributed by atoms with Crippen LogP contribution < -0.4 is 9.47 Å². The van der Waals surface area contributed by atoms with Crippen LogP contribution in [0.5, 0.6) is 11.5 Å². The molecule has 1 N–H and O–H groups in total. The number of rotatable bonds is 4. The van der Waals surface area contributed by atoms with E-state index in [2.05, 4.69) is 0 Å². The van der Waals surface area contributed by atoms with E-state index < -0.39 is 0 Å². The third-order valence-electron chi connectivity index (χ3n) is 3.31. The molecule has 0 radical (unpaired) electrons. The average molecular weight is 249 g/mol. The summed E-state index contributed by atoms with van der Waals surface area (Å²) in [6.07, 6.45) is 1.68. The summed E-state index contributed by atoms with van der Waals surface area (Å²) in [5, 5.41) is 7.87. The first-order valence-electron chi connectivity index (χ1n) is 6.14. The molecule has 0 fully saturated rings. The fraction of sp³-hybridized carbons (Fsp3) is 0.500. The minimum absolute atomic E-state index is 0.150. The number of hydrogen-bond acceptors (Lipinski definition) is 4. The van der Waals surface area contributed by atoms with Gasteiger partial charge in [-0.15, -0.1) is 0 Å². The molecule has 0 bridgehead atoms. The van der Waals surface area contributed by atoms with Crippen LogP contribution >= 0.6 is 0 Å². The second-order valence-corrected chi connectivity index (χ2v) is 4.38. The summed E-state index contributed by atoms with van der Waals surface area (Å²) in [5.41, 5.74) is 2.45.